The van der Waals surface area contributed by atoms with Gasteiger partial charge in [0.05, 0.1) is 0 Å². The molecule has 2 atom stereocenters. The first-order chi connectivity index (χ1) is 12.2. The van der Waals surface area contributed by atoms with Crippen molar-refractivity contribution in [1.82, 2.24) is 20.1 Å². The average molecular weight is 359 g/mol. The number of aromatic nitrogens is 3. The van der Waals surface area contributed by atoms with Gasteiger partial charge in [0.1, 0.15) is 11.6 Å². The predicted octanol–water partition coefficient (Wildman–Crippen LogP) is 3.12. The molecule has 1 aromatic heterocycles. The highest BCUT2D eigenvalue weighted by Crippen LogP contribution is 2.49. The number of halogens is 1. The van der Waals surface area contributed by atoms with Crippen molar-refractivity contribution >= 4 is 17.5 Å². The minimum Gasteiger partial charge on any atom is -0.355 e. The standard InChI is InChI=1S/C19H23ClN4O/c20-16-7-4-3-6-13(16)14-12-15(14)19(25)21-10-9-18-23-22-17-8-2-1-5-11-24(17)18/h3-4,6-7,14-15H,1-2,5,8-12H2,(H,21,25). The molecular weight excluding hydrogens is 336 g/mol. The van der Waals surface area contributed by atoms with E-state index in [0.29, 0.717) is 6.54 Å². The lowest BCUT2D eigenvalue weighted by molar-refractivity contribution is -0.122. The highest BCUT2D eigenvalue weighted by molar-refractivity contribution is 6.31. The van der Waals surface area contributed by atoms with Crippen molar-refractivity contribution < 1.29 is 4.79 Å². The van der Waals surface area contributed by atoms with Crippen LogP contribution in [-0.4, -0.2) is 27.2 Å². The SMILES string of the molecule is O=C(NCCc1nnc2n1CCCCC2)C1CC1c1ccccc1Cl. The third kappa shape index (κ3) is 3.56. The fourth-order valence-electron chi connectivity index (χ4n) is 3.76. The van der Waals surface area contributed by atoms with Crippen LogP contribution >= 0.6 is 11.6 Å². The molecule has 2 aromatic rings. The average Bonchev–Trinajstić information content (AvgIpc) is 3.37. The molecular formula is C19H23ClN4O. The van der Waals surface area contributed by atoms with Crippen molar-refractivity contribution in [3.63, 3.8) is 0 Å². The number of carbonyl (C=O) groups is 1. The molecule has 2 aliphatic rings. The number of hydrogen-bond donors (Lipinski definition) is 1. The number of amides is 1. The van der Waals surface area contributed by atoms with Gasteiger partial charge in [-0.05, 0) is 36.8 Å². The molecule has 0 bridgehead atoms. The van der Waals surface area contributed by atoms with E-state index >= 15 is 0 Å². The summed E-state index contributed by atoms with van der Waals surface area (Å²) in [5.74, 6) is 2.53. The monoisotopic (exact) mass is 358 g/mol. The van der Waals surface area contributed by atoms with Crippen LogP contribution in [0.5, 0.6) is 0 Å². The molecule has 1 aliphatic heterocycles. The normalized spacial score (nSPS) is 22.1. The Morgan fingerprint density at radius 2 is 2.12 bits per heavy atom. The maximum atomic E-state index is 12.4. The van der Waals surface area contributed by atoms with Crippen LogP contribution in [0, 0.1) is 5.92 Å². The number of rotatable bonds is 5. The number of carbonyl (C=O) groups excluding carboxylic acids is 1. The number of nitrogens with one attached hydrogen (secondary N) is 1. The minimum absolute atomic E-state index is 0.0513. The Hall–Kier alpha value is -1.88. The van der Waals surface area contributed by atoms with E-state index in [-0.39, 0.29) is 17.7 Å². The Morgan fingerprint density at radius 1 is 1.24 bits per heavy atom. The van der Waals surface area contributed by atoms with Gasteiger partial charge in [0.25, 0.3) is 0 Å². The van der Waals surface area contributed by atoms with Gasteiger partial charge < -0.3 is 9.88 Å². The molecule has 1 aromatic carbocycles. The Labute approximate surface area is 152 Å². The Morgan fingerprint density at radius 3 is 3.00 bits per heavy atom. The molecule has 2 unspecified atom stereocenters. The molecule has 1 N–H and O–H groups in total. The molecule has 0 radical (unpaired) electrons. The van der Waals surface area contributed by atoms with Gasteiger partial charge in [0.15, 0.2) is 0 Å². The molecule has 6 heteroatoms. The molecule has 25 heavy (non-hydrogen) atoms. The summed E-state index contributed by atoms with van der Waals surface area (Å²) in [5.41, 5.74) is 1.09. The van der Waals surface area contributed by atoms with Crippen molar-refractivity contribution in [3.05, 3.63) is 46.5 Å². The van der Waals surface area contributed by atoms with E-state index in [4.69, 9.17) is 11.6 Å². The van der Waals surface area contributed by atoms with Crippen LogP contribution in [0.3, 0.4) is 0 Å². The third-order valence-corrected chi connectivity index (χ3v) is 5.61. The fraction of sp³-hybridized carbons (Fsp3) is 0.526. The highest BCUT2D eigenvalue weighted by Gasteiger charge is 2.44. The smallest absolute Gasteiger partial charge is 0.223 e. The molecule has 4 rings (SSSR count). The van der Waals surface area contributed by atoms with E-state index in [9.17, 15) is 4.79 Å². The van der Waals surface area contributed by atoms with Crippen molar-refractivity contribution in [2.45, 2.75) is 51.0 Å². The van der Waals surface area contributed by atoms with Gasteiger partial charge in [-0.3, -0.25) is 4.79 Å². The van der Waals surface area contributed by atoms with Gasteiger partial charge in [-0.25, -0.2) is 0 Å². The molecule has 1 amide bonds. The van der Waals surface area contributed by atoms with Gasteiger partial charge in [0, 0.05) is 36.9 Å². The summed E-state index contributed by atoms with van der Waals surface area (Å²) >= 11 is 6.23. The quantitative estimate of drug-likeness (QED) is 0.893. The molecule has 1 aliphatic carbocycles. The lowest BCUT2D eigenvalue weighted by Gasteiger charge is -2.08. The number of aryl methyl sites for hydroxylation is 1. The van der Waals surface area contributed by atoms with E-state index in [1.807, 2.05) is 24.3 Å². The number of fused-ring (bicyclic) bond motifs is 1. The van der Waals surface area contributed by atoms with E-state index in [1.165, 1.54) is 19.3 Å². The summed E-state index contributed by atoms with van der Waals surface area (Å²) in [6.07, 6.45) is 6.27. The molecule has 1 fully saturated rings. The van der Waals surface area contributed by atoms with Crippen LogP contribution in [0.25, 0.3) is 0 Å². The first kappa shape index (κ1) is 16.6. The fourth-order valence-corrected chi connectivity index (χ4v) is 4.04. The van der Waals surface area contributed by atoms with Gasteiger partial charge in [-0.15, -0.1) is 10.2 Å². The maximum Gasteiger partial charge on any atom is 0.223 e. The van der Waals surface area contributed by atoms with E-state index in [1.54, 1.807) is 0 Å². The summed E-state index contributed by atoms with van der Waals surface area (Å²) in [6, 6.07) is 7.81. The number of nitrogens with zero attached hydrogens (tertiary/aromatic N) is 3. The van der Waals surface area contributed by atoms with Gasteiger partial charge in [-0.2, -0.15) is 0 Å². The zero-order chi connectivity index (χ0) is 17.2. The molecule has 1 saturated carbocycles. The molecule has 5 nitrogen and oxygen atoms in total. The third-order valence-electron chi connectivity index (χ3n) is 5.27. The zero-order valence-electron chi connectivity index (χ0n) is 14.2. The summed E-state index contributed by atoms with van der Waals surface area (Å²) in [4.78, 5) is 12.4. The van der Waals surface area contributed by atoms with Crippen LogP contribution in [0.4, 0.5) is 0 Å². The lowest BCUT2D eigenvalue weighted by atomic mass is 10.1. The van der Waals surface area contributed by atoms with Crippen LogP contribution in [0.15, 0.2) is 24.3 Å². The minimum atomic E-state index is 0.0513. The first-order valence-electron chi connectivity index (χ1n) is 9.17. The predicted molar refractivity (Wildman–Crippen MR) is 96.6 cm³/mol. The van der Waals surface area contributed by atoms with Crippen molar-refractivity contribution in [3.8, 4) is 0 Å². The second-order valence-electron chi connectivity index (χ2n) is 7.01. The summed E-state index contributed by atoms with van der Waals surface area (Å²) < 4.78 is 2.24. The Balaban J connectivity index is 1.29. The second kappa shape index (κ2) is 7.16. The van der Waals surface area contributed by atoms with Crippen LogP contribution in [-0.2, 0) is 24.2 Å². The molecule has 132 valence electrons. The van der Waals surface area contributed by atoms with Crippen molar-refractivity contribution in [1.29, 1.82) is 0 Å². The Kier molecular flexibility index (Phi) is 4.75. The second-order valence-corrected chi connectivity index (χ2v) is 7.41. The van der Waals surface area contributed by atoms with E-state index < -0.39 is 0 Å². The van der Waals surface area contributed by atoms with Crippen LogP contribution in [0.2, 0.25) is 5.02 Å². The van der Waals surface area contributed by atoms with Crippen molar-refractivity contribution in [2.75, 3.05) is 6.54 Å². The maximum absolute atomic E-state index is 12.4. The Bertz CT molecular complexity index is 773. The molecule has 0 spiro atoms. The van der Waals surface area contributed by atoms with Gasteiger partial charge >= 0.3 is 0 Å². The first-order valence-corrected chi connectivity index (χ1v) is 9.55. The van der Waals surface area contributed by atoms with E-state index in [2.05, 4.69) is 20.1 Å². The topological polar surface area (TPSA) is 59.8 Å². The summed E-state index contributed by atoms with van der Waals surface area (Å²) in [7, 11) is 0. The van der Waals surface area contributed by atoms with Crippen molar-refractivity contribution in [2.24, 2.45) is 5.92 Å². The van der Waals surface area contributed by atoms with Crippen LogP contribution < -0.4 is 5.32 Å². The lowest BCUT2D eigenvalue weighted by Crippen LogP contribution is -2.28. The van der Waals surface area contributed by atoms with Gasteiger partial charge in [0.2, 0.25) is 5.91 Å². The largest absolute Gasteiger partial charge is 0.355 e. The summed E-state index contributed by atoms with van der Waals surface area (Å²) in [6.45, 7) is 1.62. The van der Waals surface area contributed by atoms with Crippen LogP contribution in [0.1, 0.15) is 48.8 Å². The highest BCUT2D eigenvalue weighted by atomic mass is 35.5. The molecule has 0 saturated heterocycles. The molecule has 2 heterocycles. The van der Waals surface area contributed by atoms with E-state index in [0.717, 1.165) is 48.0 Å². The van der Waals surface area contributed by atoms with Gasteiger partial charge in [-0.1, -0.05) is 36.2 Å². The zero-order valence-corrected chi connectivity index (χ0v) is 15.0. The number of hydrogen-bond acceptors (Lipinski definition) is 3. The summed E-state index contributed by atoms with van der Waals surface area (Å²) in [5, 5.41) is 12.4. The number of benzene rings is 1.